The molecule has 1 aliphatic carbocycles. The van der Waals surface area contributed by atoms with Crippen LogP contribution in [-0.4, -0.2) is 32.9 Å². The molecule has 2 aromatic heterocycles. The van der Waals surface area contributed by atoms with Crippen molar-refractivity contribution in [1.82, 2.24) is 14.1 Å². The Morgan fingerprint density at radius 2 is 2.12 bits per heavy atom. The van der Waals surface area contributed by atoms with Crippen LogP contribution < -0.4 is 10.1 Å². The zero-order chi connectivity index (χ0) is 22.7. The molecule has 0 saturated heterocycles. The summed E-state index contributed by atoms with van der Waals surface area (Å²) in [5.74, 6) is 1.44. The van der Waals surface area contributed by atoms with Crippen molar-refractivity contribution in [2.24, 2.45) is 0 Å². The Morgan fingerprint density at radius 1 is 1.34 bits per heavy atom. The number of anilines is 1. The van der Waals surface area contributed by atoms with Crippen molar-refractivity contribution in [3.8, 4) is 17.5 Å². The number of amides is 1. The zero-order valence-electron chi connectivity index (χ0n) is 18.6. The van der Waals surface area contributed by atoms with Crippen LogP contribution in [0.4, 0.5) is 5.82 Å². The van der Waals surface area contributed by atoms with E-state index in [1.165, 1.54) is 24.6 Å². The predicted octanol–water partition coefficient (Wildman–Crippen LogP) is 5.02. The lowest BCUT2D eigenvalue weighted by atomic mass is 10.2. The summed E-state index contributed by atoms with van der Waals surface area (Å²) in [7, 11) is 1.63. The number of ether oxygens (including phenoxy) is 1. The summed E-state index contributed by atoms with van der Waals surface area (Å²) in [6, 6.07) is 10.3. The molecule has 4 rings (SSSR count). The first-order valence-electron chi connectivity index (χ1n) is 10.8. The van der Waals surface area contributed by atoms with E-state index in [-0.39, 0.29) is 11.7 Å². The number of carbonyl (C=O) groups is 1. The maximum absolute atomic E-state index is 12.9. The summed E-state index contributed by atoms with van der Waals surface area (Å²) in [5.41, 5.74) is 3.48. The van der Waals surface area contributed by atoms with Gasteiger partial charge in [-0.05, 0) is 44.4 Å². The van der Waals surface area contributed by atoms with Crippen molar-refractivity contribution in [3.05, 3.63) is 53.5 Å². The monoisotopic (exact) mass is 449 g/mol. The summed E-state index contributed by atoms with van der Waals surface area (Å²) < 4.78 is 9.41. The molecular weight excluding hydrogens is 422 g/mol. The fourth-order valence-electron chi connectivity index (χ4n) is 4.36. The summed E-state index contributed by atoms with van der Waals surface area (Å²) in [6.45, 7) is 3.98. The van der Waals surface area contributed by atoms with Crippen LogP contribution >= 0.6 is 11.8 Å². The second-order valence-corrected chi connectivity index (χ2v) is 8.91. The second-order valence-electron chi connectivity index (χ2n) is 7.97. The van der Waals surface area contributed by atoms with E-state index in [1.807, 2.05) is 48.9 Å². The molecule has 32 heavy (non-hydrogen) atoms. The largest absolute Gasteiger partial charge is 0.497 e. The van der Waals surface area contributed by atoms with Crippen molar-refractivity contribution in [3.63, 3.8) is 0 Å². The van der Waals surface area contributed by atoms with Crippen LogP contribution in [0.1, 0.15) is 48.5 Å². The Balaban J connectivity index is 1.51. The van der Waals surface area contributed by atoms with Gasteiger partial charge in [0.15, 0.2) is 5.16 Å². The molecule has 1 aliphatic rings. The Kier molecular flexibility index (Phi) is 6.56. The third-order valence-electron chi connectivity index (χ3n) is 6.09. The first kappa shape index (κ1) is 22.0. The van der Waals surface area contributed by atoms with Crippen LogP contribution in [0, 0.1) is 25.2 Å². The number of nitrogens with zero attached hydrogens (tertiary/aromatic N) is 4. The molecular formula is C24H27N5O2S. The molecule has 1 fully saturated rings. The van der Waals surface area contributed by atoms with Gasteiger partial charge in [0, 0.05) is 30.2 Å². The summed E-state index contributed by atoms with van der Waals surface area (Å²) >= 11 is 1.36. The van der Waals surface area contributed by atoms with Gasteiger partial charge in [0.2, 0.25) is 5.91 Å². The standard InChI is InChI=1S/C24H27N5O2S/c1-16-17(2)29(18-7-4-5-8-18)23(21(16)14-25)27-22(30)15-32-24-26-11-12-28(24)19-9-6-10-20(13-19)31-3/h6,9-13,18H,4-5,7-8,15H2,1-3H3,(H,27,30). The highest BCUT2D eigenvalue weighted by Gasteiger charge is 2.26. The van der Waals surface area contributed by atoms with Crippen molar-refractivity contribution in [1.29, 1.82) is 5.26 Å². The summed E-state index contributed by atoms with van der Waals surface area (Å²) in [5, 5.41) is 13.5. The zero-order valence-corrected chi connectivity index (χ0v) is 19.4. The van der Waals surface area contributed by atoms with Gasteiger partial charge in [-0.3, -0.25) is 9.36 Å². The number of methoxy groups -OCH3 is 1. The van der Waals surface area contributed by atoms with Gasteiger partial charge in [-0.2, -0.15) is 5.26 Å². The van der Waals surface area contributed by atoms with Crippen LogP contribution in [0.2, 0.25) is 0 Å². The molecule has 1 aromatic carbocycles. The van der Waals surface area contributed by atoms with Gasteiger partial charge < -0.3 is 14.6 Å². The normalized spacial score (nSPS) is 13.8. The van der Waals surface area contributed by atoms with Gasteiger partial charge >= 0.3 is 0 Å². The first-order valence-corrected chi connectivity index (χ1v) is 11.7. The Labute approximate surface area is 192 Å². The number of thioether (sulfide) groups is 1. The average molecular weight is 450 g/mol. The minimum absolute atomic E-state index is 0.150. The third kappa shape index (κ3) is 4.26. The minimum Gasteiger partial charge on any atom is -0.497 e. The fourth-order valence-corrected chi connectivity index (χ4v) is 5.13. The molecule has 0 unspecified atom stereocenters. The summed E-state index contributed by atoms with van der Waals surface area (Å²) in [6.07, 6.45) is 8.09. The van der Waals surface area contributed by atoms with Crippen molar-refractivity contribution >= 4 is 23.5 Å². The minimum atomic E-state index is -0.150. The molecule has 3 aromatic rings. The van der Waals surface area contributed by atoms with E-state index in [1.54, 1.807) is 13.3 Å². The van der Waals surface area contributed by atoms with Gasteiger partial charge in [0.05, 0.1) is 24.1 Å². The van der Waals surface area contributed by atoms with Crippen LogP contribution in [-0.2, 0) is 4.79 Å². The van der Waals surface area contributed by atoms with Crippen molar-refractivity contribution in [2.45, 2.75) is 50.7 Å². The highest BCUT2D eigenvalue weighted by molar-refractivity contribution is 7.99. The fraction of sp³-hybridized carbons (Fsp3) is 0.375. The quantitative estimate of drug-likeness (QED) is 0.512. The van der Waals surface area contributed by atoms with Crippen LogP contribution in [0.5, 0.6) is 5.75 Å². The van der Waals surface area contributed by atoms with E-state index < -0.39 is 0 Å². The molecule has 1 amide bonds. The molecule has 166 valence electrons. The number of carbonyl (C=O) groups excluding carboxylic acids is 1. The highest BCUT2D eigenvalue weighted by atomic mass is 32.2. The van der Waals surface area contributed by atoms with Gasteiger partial charge in [-0.15, -0.1) is 0 Å². The average Bonchev–Trinajstić information content (AvgIpc) is 3.54. The molecule has 0 radical (unpaired) electrons. The van der Waals surface area contributed by atoms with E-state index >= 15 is 0 Å². The summed E-state index contributed by atoms with van der Waals surface area (Å²) in [4.78, 5) is 17.3. The topological polar surface area (TPSA) is 84.9 Å². The number of nitriles is 1. The van der Waals surface area contributed by atoms with Crippen molar-refractivity contribution < 1.29 is 9.53 Å². The Morgan fingerprint density at radius 3 is 2.84 bits per heavy atom. The van der Waals surface area contributed by atoms with Crippen LogP contribution in [0.25, 0.3) is 5.69 Å². The van der Waals surface area contributed by atoms with E-state index in [0.29, 0.717) is 22.6 Å². The molecule has 0 bridgehead atoms. The lowest BCUT2D eigenvalue weighted by Gasteiger charge is -2.19. The van der Waals surface area contributed by atoms with E-state index in [9.17, 15) is 10.1 Å². The first-order chi connectivity index (χ1) is 15.5. The van der Waals surface area contributed by atoms with Gasteiger partial charge in [-0.25, -0.2) is 4.98 Å². The number of hydrogen-bond acceptors (Lipinski definition) is 5. The molecule has 0 aliphatic heterocycles. The Hall–Kier alpha value is -3.18. The number of aromatic nitrogens is 3. The second kappa shape index (κ2) is 9.53. The number of imidazole rings is 1. The molecule has 7 nitrogen and oxygen atoms in total. The third-order valence-corrected chi connectivity index (χ3v) is 7.05. The highest BCUT2D eigenvalue weighted by Crippen LogP contribution is 2.37. The smallest absolute Gasteiger partial charge is 0.235 e. The van der Waals surface area contributed by atoms with Crippen LogP contribution in [0.3, 0.4) is 0 Å². The molecule has 8 heteroatoms. The number of hydrogen-bond donors (Lipinski definition) is 1. The van der Waals surface area contributed by atoms with Gasteiger partial charge in [0.25, 0.3) is 0 Å². The Bertz CT molecular complexity index is 1170. The van der Waals surface area contributed by atoms with E-state index in [0.717, 1.165) is 35.5 Å². The molecule has 2 heterocycles. The molecule has 1 N–H and O–H groups in total. The molecule has 1 saturated carbocycles. The number of nitrogens with one attached hydrogen (secondary N) is 1. The predicted molar refractivity (Wildman–Crippen MR) is 126 cm³/mol. The van der Waals surface area contributed by atoms with E-state index in [4.69, 9.17) is 4.74 Å². The van der Waals surface area contributed by atoms with Gasteiger partial charge in [0.1, 0.15) is 17.6 Å². The maximum atomic E-state index is 12.9. The molecule has 0 spiro atoms. The lowest BCUT2D eigenvalue weighted by Crippen LogP contribution is -2.20. The maximum Gasteiger partial charge on any atom is 0.235 e. The lowest BCUT2D eigenvalue weighted by molar-refractivity contribution is -0.113. The number of benzene rings is 1. The van der Waals surface area contributed by atoms with Crippen molar-refractivity contribution in [2.75, 3.05) is 18.2 Å². The van der Waals surface area contributed by atoms with E-state index in [2.05, 4.69) is 20.9 Å². The molecule has 0 atom stereocenters. The van der Waals surface area contributed by atoms with Gasteiger partial charge in [-0.1, -0.05) is 30.7 Å². The van der Waals surface area contributed by atoms with Crippen LogP contribution in [0.15, 0.2) is 41.8 Å². The number of rotatable bonds is 7. The SMILES string of the molecule is COc1cccc(-n2ccnc2SCC(=O)Nc2c(C#N)c(C)c(C)n2C2CCCC2)c1.